The lowest BCUT2D eigenvalue weighted by atomic mass is 9.69. The fourth-order valence-corrected chi connectivity index (χ4v) is 3.64. The maximum absolute atomic E-state index is 13.3. The molecule has 1 aliphatic carbocycles. The monoisotopic (exact) mass is 354 g/mol. The van der Waals surface area contributed by atoms with Gasteiger partial charge in [0.25, 0.3) is 6.04 Å². The Morgan fingerprint density at radius 2 is 1.81 bits per heavy atom. The van der Waals surface area contributed by atoms with Crippen molar-refractivity contribution in [2.75, 3.05) is 13.2 Å². The molecule has 1 aliphatic heterocycles. The highest BCUT2D eigenvalue weighted by atomic mass is 19.1. The Morgan fingerprint density at radius 1 is 1.12 bits per heavy atom. The molecule has 0 unspecified atom stereocenters. The fraction of sp³-hybridized carbons (Fsp3) is 0.211. The molecule has 1 saturated heterocycles. The van der Waals surface area contributed by atoms with Crippen LogP contribution in [0.25, 0.3) is 5.57 Å². The summed E-state index contributed by atoms with van der Waals surface area (Å²) < 4.78 is 18.3. The molecule has 7 heteroatoms. The van der Waals surface area contributed by atoms with Crippen molar-refractivity contribution in [3.8, 4) is 0 Å². The standard InChI is InChI=1S/C19H15FN2O4/c20-14-8-6-13(7-9-14)16-15(12-4-2-1-3-5-12)17(18(16)22(24)25)21-10-11-26-19(21)23/h1-9,16,18H,10-11H2/t16-,18+/m1/s1. The summed E-state index contributed by atoms with van der Waals surface area (Å²) in [5.74, 6) is -0.962. The van der Waals surface area contributed by atoms with Crippen LogP contribution in [0.15, 0.2) is 60.3 Å². The number of amides is 1. The number of cyclic esters (lactones) is 1. The minimum Gasteiger partial charge on any atom is -0.447 e. The first kappa shape index (κ1) is 16.3. The normalized spacial score (nSPS) is 22.2. The van der Waals surface area contributed by atoms with Gasteiger partial charge in [-0.3, -0.25) is 15.0 Å². The third-order valence-electron chi connectivity index (χ3n) is 4.78. The van der Waals surface area contributed by atoms with E-state index in [1.807, 2.05) is 30.3 Å². The molecule has 2 aromatic rings. The number of carbonyl (C=O) groups is 1. The highest BCUT2D eigenvalue weighted by Crippen LogP contribution is 2.51. The number of hydrogen-bond donors (Lipinski definition) is 0. The Kier molecular flexibility index (Phi) is 3.91. The lowest BCUT2D eigenvalue weighted by Gasteiger charge is -2.39. The van der Waals surface area contributed by atoms with Crippen molar-refractivity contribution in [1.82, 2.24) is 4.90 Å². The molecule has 0 N–H and O–H groups in total. The summed E-state index contributed by atoms with van der Waals surface area (Å²) in [5, 5.41) is 11.8. The fourth-order valence-electron chi connectivity index (χ4n) is 3.64. The van der Waals surface area contributed by atoms with Gasteiger partial charge >= 0.3 is 6.09 Å². The molecule has 0 bridgehead atoms. The van der Waals surface area contributed by atoms with E-state index in [9.17, 15) is 19.3 Å². The number of carbonyl (C=O) groups excluding carboxylic acids is 1. The molecule has 0 aromatic heterocycles. The van der Waals surface area contributed by atoms with E-state index in [4.69, 9.17) is 4.74 Å². The molecule has 1 fully saturated rings. The van der Waals surface area contributed by atoms with Crippen LogP contribution < -0.4 is 0 Å². The lowest BCUT2D eigenvalue weighted by Crippen LogP contribution is -2.47. The van der Waals surface area contributed by atoms with Crippen molar-refractivity contribution in [3.63, 3.8) is 0 Å². The summed E-state index contributed by atoms with van der Waals surface area (Å²) in [5.41, 5.74) is 2.51. The van der Waals surface area contributed by atoms with Crippen molar-refractivity contribution in [3.05, 3.63) is 87.4 Å². The molecule has 0 spiro atoms. The topological polar surface area (TPSA) is 72.7 Å². The minimum absolute atomic E-state index is 0.204. The first-order valence-electron chi connectivity index (χ1n) is 8.20. The van der Waals surface area contributed by atoms with Gasteiger partial charge in [0.05, 0.1) is 12.5 Å². The second-order valence-electron chi connectivity index (χ2n) is 6.19. The maximum Gasteiger partial charge on any atom is 0.414 e. The molecular formula is C19H15FN2O4. The predicted octanol–water partition coefficient (Wildman–Crippen LogP) is 3.43. The van der Waals surface area contributed by atoms with Gasteiger partial charge in [-0.25, -0.2) is 9.18 Å². The summed E-state index contributed by atoms with van der Waals surface area (Å²) >= 11 is 0. The van der Waals surface area contributed by atoms with Crippen molar-refractivity contribution >= 4 is 11.7 Å². The lowest BCUT2D eigenvalue weighted by molar-refractivity contribution is -0.520. The quantitative estimate of drug-likeness (QED) is 0.623. The molecule has 1 amide bonds. The van der Waals surface area contributed by atoms with Crippen LogP contribution >= 0.6 is 0 Å². The minimum atomic E-state index is -1.08. The molecule has 1 heterocycles. The Bertz CT molecular complexity index is 896. The van der Waals surface area contributed by atoms with E-state index in [-0.39, 0.29) is 18.1 Å². The van der Waals surface area contributed by atoms with Gasteiger partial charge in [0.2, 0.25) is 0 Å². The van der Waals surface area contributed by atoms with E-state index in [0.29, 0.717) is 16.8 Å². The van der Waals surface area contributed by atoms with Crippen molar-refractivity contribution in [2.24, 2.45) is 0 Å². The zero-order valence-electron chi connectivity index (χ0n) is 13.7. The first-order valence-corrected chi connectivity index (χ1v) is 8.20. The summed E-state index contributed by atoms with van der Waals surface area (Å²) in [4.78, 5) is 24.8. The third kappa shape index (κ3) is 2.52. The van der Waals surface area contributed by atoms with Crippen LogP contribution in [0.3, 0.4) is 0 Å². The second-order valence-corrected chi connectivity index (χ2v) is 6.19. The van der Waals surface area contributed by atoms with E-state index >= 15 is 0 Å². The Morgan fingerprint density at radius 3 is 2.38 bits per heavy atom. The molecule has 4 rings (SSSR count). The van der Waals surface area contributed by atoms with Crippen molar-refractivity contribution in [1.29, 1.82) is 0 Å². The van der Waals surface area contributed by atoms with E-state index in [0.717, 1.165) is 5.56 Å². The second kappa shape index (κ2) is 6.25. The highest BCUT2D eigenvalue weighted by molar-refractivity contribution is 5.86. The summed E-state index contributed by atoms with van der Waals surface area (Å²) in [6.07, 6.45) is -0.571. The van der Waals surface area contributed by atoms with Gasteiger partial charge < -0.3 is 4.74 Å². The number of halogens is 1. The van der Waals surface area contributed by atoms with Gasteiger partial charge in [0.15, 0.2) is 0 Å². The van der Waals surface area contributed by atoms with Crippen LogP contribution in [0.5, 0.6) is 0 Å². The number of hydrogen-bond acceptors (Lipinski definition) is 4. The zero-order chi connectivity index (χ0) is 18.3. The number of ether oxygens (including phenoxy) is 1. The van der Waals surface area contributed by atoms with Crippen LogP contribution in [-0.2, 0) is 4.74 Å². The van der Waals surface area contributed by atoms with Gasteiger partial charge in [-0.15, -0.1) is 0 Å². The Hall–Kier alpha value is -3.22. The van der Waals surface area contributed by atoms with Crippen LogP contribution in [0.4, 0.5) is 9.18 Å². The average molecular weight is 354 g/mol. The van der Waals surface area contributed by atoms with E-state index < -0.39 is 23.9 Å². The molecule has 132 valence electrons. The molecule has 2 aromatic carbocycles. The van der Waals surface area contributed by atoms with E-state index in [1.165, 1.54) is 17.0 Å². The smallest absolute Gasteiger partial charge is 0.414 e. The third-order valence-corrected chi connectivity index (χ3v) is 4.78. The van der Waals surface area contributed by atoms with Crippen LogP contribution in [-0.4, -0.2) is 35.1 Å². The highest BCUT2D eigenvalue weighted by Gasteiger charge is 2.54. The maximum atomic E-state index is 13.3. The summed E-state index contributed by atoms with van der Waals surface area (Å²) in [7, 11) is 0. The molecular weight excluding hydrogens is 339 g/mol. The summed E-state index contributed by atoms with van der Waals surface area (Å²) in [6.45, 7) is 0.487. The van der Waals surface area contributed by atoms with Crippen LogP contribution in [0.2, 0.25) is 0 Å². The number of nitrogens with zero attached hydrogens (tertiary/aromatic N) is 2. The van der Waals surface area contributed by atoms with Gasteiger partial charge in [0.1, 0.15) is 18.1 Å². The summed E-state index contributed by atoms with van der Waals surface area (Å²) in [6, 6.07) is 13.8. The SMILES string of the molecule is O=C1OCCN1C1=C(c2ccccc2)[C@@H](c2ccc(F)cc2)[C@@H]1[N+](=O)[O-]. The molecule has 6 nitrogen and oxygen atoms in total. The Labute approximate surface area is 148 Å². The van der Waals surface area contributed by atoms with Crippen LogP contribution in [0.1, 0.15) is 17.0 Å². The van der Waals surface area contributed by atoms with Gasteiger partial charge in [0, 0.05) is 10.5 Å². The van der Waals surface area contributed by atoms with E-state index in [2.05, 4.69) is 0 Å². The van der Waals surface area contributed by atoms with Gasteiger partial charge in [-0.1, -0.05) is 42.5 Å². The van der Waals surface area contributed by atoms with E-state index in [1.54, 1.807) is 12.1 Å². The number of rotatable bonds is 4. The molecule has 0 radical (unpaired) electrons. The largest absolute Gasteiger partial charge is 0.447 e. The van der Waals surface area contributed by atoms with Gasteiger partial charge in [-0.05, 0) is 23.3 Å². The van der Waals surface area contributed by atoms with Crippen molar-refractivity contribution < 1.29 is 18.8 Å². The number of benzene rings is 2. The predicted molar refractivity (Wildman–Crippen MR) is 91.3 cm³/mol. The Balaban J connectivity index is 1.89. The zero-order valence-corrected chi connectivity index (χ0v) is 13.7. The molecule has 0 saturated carbocycles. The van der Waals surface area contributed by atoms with Gasteiger partial charge in [-0.2, -0.15) is 0 Å². The molecule has 2 aliphatic rings. The number of nitro groups is 1. The first-order chi connectivity index (χ1) is 12.6. The van der Waals surface area contributed by atoms with Crippen LogP contribution in [0, 0.1) is 15.9 Å². The molecule has 26 heavy (non-hydrogen) atoms. The molecule has 2 atom stereocenters. The van der Waals surface area contributed by atoms with Crippen molar-refractivity contribution in [2.45, 2.75) is 12.0 Å². The average Bonchev–Trinajstić information content (AvgIpc) is 3.02.